The molecule has 138 valence electrons. The summed E-state index contributed by atoms with van der Waals surface area (Å²) in [5.74, 6) is -0.0121. The van der Waals surface area contributed by atoms with E-state index in [2.05, 4.69) is 4.98 Å². The van der Waals surface area contributed by atoms with Crippen LogP contribution in [0.1, 0.15) is 23.7 Å². The van der Waals surface area contributed by atoms with Crippen LogP contribution in [0, 0.1) is 5.92 Å². The number of hydrogen-bond acceptors (Lipinski definition) is 5. The average Bonchev–Trinajstić information content (AvgIpc) is 2.88. The molecule has 2 aromatic rings. The summed E-state index contributed by atoms with van der Waals surface area (Å²) in [5, 5.41) is 0.899. The van der Waals surface area contributed by atoms with E-state index in [4.69, 9.17) is 4.74 Å². The van der Waals surface area contributed by atoms with Crippen molar-refractivity contribution in [2.75, 3.05) is 32.1 Å². The van der Waals surface area contributed by atoms with Gasteiger partial charge in [-0.25, -0.2) is 8.42 Å². The van der Waals surface area contributed by atoms with Crippen LogP contribution < -0.4 is 0 Å². The number of ether oxygens (including phenoxy) is 1. The van der Waals surface area contributed by atoms with E-state index in [9.17, 15) is 13.2 Å². The van der Waals surface area contributed by atoms with E-state index < -0.39 is 14.6 Å². The lowest BCUT2D eigenvalue weighted by atomic mass is 9.83. The van der Waals surface area contributed by atoms with Gasteiger partial charge in [-0.05, 0) is 25.5 Å². The van der Waals surface area contributed by atoms with Crippen LogP contribution in [0.25, 0.3) is 10.9 Å². The molecule has 2 aliphatic heterocycles. The molecule has 2 fully saturated rings. The molecule has 2 aliphatic rings. The summed E-state index contributed by atoms with van der Waals surface area (Å²) in [7, 11) is -3.20. The minimum atomic E-state index is -3.20. The first kappa shape index (κ1) is 17.4. The van der Waals surface area contributed by atoms with Gasteiger partial charge < -0.3 is 9.64 Å². The third-order valence-electron chi connectivity index (χ3n) is 5.66. The second-order valence-electron chi connectivity index (χ2n) is 7.11. The minimum Gasteiger partial charge on any atom is -0.381 e. The largest absolute Gasteiger partial charge is 0.381 e. The number of fused-ring (bicyclic) bond motifs is 1. The number of para-hydroxylation sites is 1. The first-order chi connectivity index (χ1) is 12.5. The van der Waals surface area contributed by atoms with Gasteiger partial charge in [-0.3, -0.25) is 9.78 Å². The Morgan fingerprint density at radius 1 is 1.35 bits per heavy atom. The molecule has 6 nitrogen and oxygen atoms in total. The van der Waals surface area contributed by atoms with Gasteiger partial charge in [-0.2, -0.15) is 0 Å². The number of aromatic nitrogens is 1. The maximum absolute atomic E-state index is 12.8. The molecule has 0 aliphatic carbocycles. The monoisotopic (exact) mass is 374 g/mol. The van der Waals surface area contributed by atoms with E-state index in [0.29, 0.717) is 25.2 Å². The number of hydrogen-bond donors (Lipinski definition) is 0. The van der Waals surface area contributed by atoms with Crippen LogP contribution in [0.5, 0.6) is 0 Å². The summed E-state index contributed by atoms with van der Waals surface area (Å²) in [6.45, 7) is 3.41. The zero-order valence-corrected chi connectivity index (χ0v) is 15.5. The van der Waals surface area contributed by atoms with Crippen molar-refractivity contribution in [1.82, 2.24) is 9.88 Å². The quantitative estimate of drug-likeness (QED) is 0.817. The molecule has 0 saturated carbocycles. The van der Waals surface area contributed by atoms with Gasteiger partial charge in [0.2, 0.25) is 0 Å². The summed E-state index contributed by atoms with van der Waals surface area (Å²) in [5.41, 5.74) is 1.33. The predicted molar refractivity (Wildman–Crippen MR) is 98.8 cm³/mol. The molecule has 1 atom stereocenters. The fraction of sp³-hybridized carbons (Fsp3) is 0.474. The number of likely N-dealkylation sites (tertiary alicyclic amines) is 1. The van der Waals surface area contributed by atoms with E-state index in [1.165, 1.54) is 0 Å². The third kappa shape index (κ3) is 2.61. The van der Waals surface area contributed by atoms with Crippen molar-refractivity contribution in [1.29, 1.82) is 0 Å². The first-order valence-corrected chi connectivity index (χ1v) is 10.6. The van der Waals surface area contributed by atoms with Crippen molar-refractivity contribution < 1.29 is 17.9 Å². The third-order valence-corrected chi connectivity index (χ3v) is 8.27. The highest BCUT2D eigenvalue weighted by molar-refractivity contribution is 7.93. The Labute approximate surface area is 153 Å². The van der Waals surface area contributed by atoms with E-state index in [-0.39, 0.29) is 30.7 Å². The number of pyridine rings is 1. The maximum atomic E-state index is 12.8. The van der Waals surface area contributed by atoms with Gasteiger partial charge in [0.05, 0.1) is 23.4 Å². The lowest BCUT2D eigenvalue weighted by Crippen LogP contribution is -2.68. The molecule has 1 amide bonds. The molecule has 0 radical (unpaired) electrons. The van der Waals surface area contributed by atoms with E-state index in [1.807, 2.05) is 37.3 Å². The van der Waals surface area contributed by atoms with E-state index in [1.54, 1.807) is 11.1 Å². The van der Waals surface area contributed by atoms with Crippen molar-refractivity contribution in [2.45, 2.75) is 18.1 Å². The molecule has 3 heterocycles. The number of rotatable bonds is 4. The molecule has 0 bridgehead atoms. The molecule has 7 heteroatoms. The second-order valence-corrected chi connectivity index (χ2v) is 9.56. The highest BCUT2D eigenvalue weighted by Gasteiger charge is 2.62. The number of amides is 1. The Kier molecular flexibility index (Phi) is 4.23. The van der Waals surface area contributed by atoms with E-state index >= 15 is 0 Å². The van der Waals surface area contributed by atoms with Gasteiger partial charge >= 0.3 is 0 Å². The minimum absolute atomic E-state index is 0.0359. The lowest BCUT2D eigenvalue weighted by Gasteiger charge is -2.49. The highest BCUT2D eigenvalue weighted by atomic mass is 32.2. The fourth-order valence-electron chi connectivity index (χ4n) is 4.08. The normalized spacial score (nSPS) is 23.3. The molecule has 1 aromatic carbocycles. The molecular weight excluding hydrogens is 352 g/mol. The Bertz CT molecular complexity index is 951. The number of nitrogens with zero attached hydrogens (tertiary/aromatic N) is 2. The van der Waals surface area contributed by atoms with Crippen molar-refractivity contribution >= 4 is 26.6 Å². The van der Waals surface area contributed by atoms with Gasteiger partial charge in [0, 0.05) is 37.2 Å². The topological polar surface area (TPSA) is 76.6 Å². The van der Waals surface area contributed by atoms with Crippen molar-refractivity contribution in [3.05, 3.63) is 42.1 Å². The molecule has 26 heavy (non-hydrogen) atoms. The van der Waals surface area contributed by atoms with Crippen molar-refractivity contribution in [3.63, 3.8) is 0 Å². The lowest BCUT2D eigenvalue weighted by molar-refractivity contribution is 0.0270. The highest BCUT2D eigenvalue weighted by Crippen LogP contribution is 2.45. The SMILES string of the molecule is CCOC[C@@H]1CCS(=O)(=O)C12CN(C(=O)c1cnc3ccccc3c1)C2. The molecule has 4 rings (SSSR count). The summed E-state index contributed by atoms with van der Waals surface area (Å²) in [6.07, 6.45) is 2.18. The van der Waals surface area contributed by atoms with Crippen LogP contribution in [0.4, 0.5) is 0 Å². The van der Waals surface area contributed by atoms with Gasteiger partial charge in [0.25, 0.3) is 5.91 Å². The Morgan fingerprint density at radius 2 is 2.12 bits per heavy atom. The summed E-state index contributed by atoms with van der Waals surface area (Å²) < 4.78 is 29.9. The molecule has 0 unspecified atom stereocenters. The molecule has 2 saturated heterocycles. The van der Waals surface area contributed by atoms with Gasteiger partial charge in [0.1, 0.15) is 4.75 Å². The molecule has 1 aromatic heterocycles. The van der Waals surface area contributed by atoms with E-state index in [0.717, 1.165) is 10.9 Å². The zero-order valence-electron chi connectivity index (χ0n) is 14.7. The Balaban J connectivity index is 1.54. The fourth-order valence-corrected chi connectivity index (χ4v) is 6.48. The smallest absolute Gasteiger partial charge is 0.255 e. The van der Waals surface area contributed by atoms with Crippen LogP contribution in [-0.4, -0.2) is 61.0 Å². The van der Waals surface area contributed by atoms with Crippen LogP contribution in [0.15, 0.2) is 36.5 Å². The summed E-state index contributed by atoms with van der Waals surface area (Å²) in [6, 6.07) is 9.43. The summed E-state index contributed by atoms with van der Waals surface area (Å²) in [4.78, 5) is 18.8. The standard InChI is InChI=1S/C19H22N2O4S/c1-2-25-11-16-7-8-26(23,24)19(16)12-21(13-19)18(22)15-9-14-5-3-4-6-17(14)20-10-15/h3-6,9-10,16H,2,7-8,11-13H2,1H3/t16-/m0/s1. The summed E-state index contributed by atoms with van der Waals surface area (Å²) >= 11 is 0. The Morgan fingerprint density at radius 3 is 2.88 bits per heavy atom. The molecular formula is C19H22N2O4S. The van der Waals surface area contributed by atoms with Crippen molar-refractivity contribution in [2.24, 2.45) is 5.92 Å². The van der Waals surface area contributed by atoms with Crippen LogP contribution in [0.2, 0.25) is 0 Å². The first-order valence-electron chi connectivity index (χ1n) is 8.91. The number of sulfone groups is 1. The Hall–Kier alpha value is -1.99. The van der Waals surface area contributed by atoms with Crippen LogP contribution in [0.3, 0.4) is 0 Å². The second kappa shape index (κ2) is 6.32. The zero-order chi connectivity index (χ0) is 18.4. The predicted octanol–water partition coefficient (Wildman–Crippen LogP) is 1.90. The number of carbonyl (C=O) groups is 1. The molecule has 0 N–H and O–H groups in total. The number of carbonyl (C=O) groups excluding carboxylic acids is 1. The van der Waals surface area contributed by atoms with Gasteiger partial charge in [0.15, 0.2) is 9.84 Å². The van der Waals surface area contributed by atoms with Crippen LogP contribution >= 0.6 is 0 Å². The maximum Gasteiger partial charge on any atom is 0.255 e. The van der Waals surface area contributed by atoms with Crippen LogP contribution in [-0.2, 0) is 14.6 Å². The van der Waals surface area contributed by atoms with Gasteiger partial charge in [-0.15, -0.1) is 0 Å². The average molecular weight is 374 g/mol. The van der Waals surface area contributed by atoms with Gasteiger partial charge in [-0.1, -0.05) is 18.2 Å². The van der Waals surface area contributed by atoms with Crippen molar-refractivity contribution in [3.8, 4) is 0 Å². The molecule has 1 spiro atoms. The number of benzene rings is 1.